The van der Waals surface area contributed by atoms with Crippen LogP contribution in [-0.4, -0.2) is 30.3 Å². The molecule has 0 aromatic heterocycles. The largest absolute Gasteiger partial charge is 0.491 e. The molecule has 1 aromatic carbocycles. The van der Waals surface area contributed by atoms with Crippen molar-refractivity contribution in [2.75, 3.05) is 13.2 Å². The minimum absolute atomic E-state index is 0.00213. The summed E-state index contributed by atoms with van der Waals surface area (Å²) in [5, 5.41) is 11.6. The molecule has 0 aliphatic carbocycles. The second-order valence-corrected chi connectivity index (χ2v) is 4.50. The lowest BCUT2D eigenvalue weighted by molar-refractivity contribution is -0.117. The Hall–Kier alpha value is -1.81. The minimum Gasteiger partial charge on any atom is -0.491 e. The first kappa shape index (κ1) is 16.2. The average molecular weight is 277 g/mol. The van der Waals surface area contributed by atoms with E-state index in [-0.39, 0.29) is 25.2 Å². The van der Waals surface area contributed by atoms with Crippen LogP contribution in [0.4, 0.5) is 0 Å². The molecule has 0 bridgehead atoms. The monoisotopic (exact) mass is 277 g/mol. The first-order chi connectivity index (χ1) is 9.69. The Morgan fingerprint density at radius 3 is 2.50 bits per heavy atom. The molecular weight excluding hydrogens is 254 g/mol. The summed E-state index contributed by atoms with van der Waals surface area (Å²) in [6.45, 7) is 4.40. The average Bonchev–Trinajstić information content (AvgIpc) is 2.49. The molecule has 1 rings (SSSR count). The van der Waals surface area contributed by atoms with E-state index in [4.69, 9.17) is 9.84 Å². The van der Waals surface area contributed by atoms with Gasteiger partial charge in [-0.25, -0.2) is 0 Å². The van der Waals surface area contributed by atoms with Crippen LogP contribution in [0.5, 0.6) is 5.75 Å². The summed E-state index contributed by atoms with van der Waals surface area (Å²) in [7, 11) is 0. The van der Waals surface area contributed by atoms with Crippen LogP contribution in [0.25, 0.3) is 6.08 Å². The molecule has 0 heterocycles. The van der Waals surface area contributed by atoms with Gasteiger partial charge in [-0.2, -0.15) is 0 Å². The number of ether oxygens (including phenoxy) is 1. The van der Waals surface area contributed by atoms with Gasteiger partial charge >= 0.3 is 0 Å². The predicted molar refractivity (Wildman–Crippen MR) is 80.6 cm³/mol. The number of rotatable bonds is 8. The lowest BCUT2D eigenvalue weighted by Gasteiger charge is -2.12. The molecule has 0 atom stereocenters. The van der Waals surface area contributed by atoms with Crippen LogP contribution >= 0.6 is 0 Å². The summed E-state index contributed by atoms with van der Waals surface area (Å²) in [4.78, 5) is 11.7. The highest BCUT2D eigenvalue weighted by atomic mass is 16.5. The Morgan fingerprint density at radius 1 is 1.30 bits per heavy atom. The van der Waals surface area contributed by atoms with Crippen LogP contribution in [0.3, 0.4) is 0 Å². The second kappa shape index (κ2) is 9.15. The van der Waals surface area contributed by atoms with E-state index in [1.165, 1.54) is 0 Å². The molecule has 2 N–H and O–H groups in total. The first-order valence-electron chi connectivity index (χ1n) is 7.01. The molecule has 0 radical (unpaired) electrons. The maximum absolute atomic E-state index is 11.7. The Kier molecular flexibility index (Phi) is 7.43. The van der Waals surface area contributed by atoms with Gasteiger partial charge in [-0.05, 0) is 36.6 Å². The maximum Gasteiger partial charge on any atom is 0.244 e. The van der Waals surface area contributed by atoms with Crippen LogP contribution in [0.1, 0.15) is 32.3 Å². The van der Waals surface area contributed by atoms with E-state index >= 15 is 0 Å². The standard InChI is InChI=1S/C16H23NO3/c1-3-14(4-2)17-16(19)10-7-13-5-8-15(9-6-13)20-12-11-18/h5-10,14,18H,3-4,11-12H2,1-2H3,(H,17,19). The van der Waals surface area contributed by atoms with Gasteiger partial charge in [-0.15, -0.1) is 0 Å². The number of aliphatic hydroxyl groups excluding tert-OH is 1. The van der Waals surface area contributed by atoms with Crippen molar-refractivity contribution >= 4 is 12.0 Å². The first-order valence-corrected chi connectivity index (χ1v) is 7.01. The third-order valence-electron chi connectivity index (χ3n) is 3.00. The summed E-state index contributed by atoms with van der Waals surface area (Å²) in [5.74, 6) is 0.636. The smallest absolute Gasteiger partial charge is 0.244 e. The van der Waals surface area contributed by atoms with Gasteiger partial charge in [0, 0.05) is 12.1 Å². The van der Waals surface area contributed by atoms with Crippen molar-refractivity contribution in [1.29, 1.82) is 0 Å². The van der Waals surface area contributed by atoms with Gasteiger partial charge in [0.05, 0.1) is 6.61 Å². The number of amides is 1. The molecule has 0 fully saturated rings. The highest BCUT2D eigenvalue weighted by molar-refractivity contribution is 5.91. The molecule has 0 unspecified atom stereocenters. The highest BCUT2D eigenvalue weighted by Crippen LogP contribution is 2.13. The molecule has 20 heavy (non-hydrogen) atoms. The van der Waals surface area contributed by atoms with Crippen molar-refractivity contribution in [3.05, 3.63) is 35.9 Å². The Balaban J connectivity index is 2.50. The van der Waals surface area contributed by atoms with E-state index in [2.05, 4.69) is 19.2 Å². The molecule has 1 amide bonds. The topological polar surface area (TPSA) is 58.6 Å². The van der Waals surface area contributed by atoms with Crippen molar-refractivity contribution in [1.82, 2.24) is 5.32 Å². The highest BCUT2D eigenvalue weighted by Gasteiger charge is 2.04. The molecule has 0 saturated heterocycles. The molecule has 0 aliphatic heterocycles. The molecule has 0 saturated carbocycles. The van der Waals surface area contributed by atoms with Gasteiger partial charge < -0.3 is 15.2 Å². The van der Waals surface area contributed by atoms with Gasteiger partial charge in [0.15, 0.2) is 0 Å². The number of nitrogens with one attached hydrogen (secondary N) is 1. The zero-order chi connectivity index (χ0) is 14.8. The zero-order valence-electron chi connectivity index (χ0n) is 12.1. The zero-order valence-corrected chi connectivity index (χ0v) is 12.1. The number of aliphatic hydroxyl groups is 1. The van der Waals surface area contributed by atoms with Crippen LogP contribution in [0.15, 0.2) is 30.3 Å². The summed E-state index contributed by atoms with van der Waals surface area (Å²) in [5.41, 5.74) is 0.932. The fraction of sp³-hybridized carbons (Fsp3) is 0.438. The van der Waals surface area contributed by atoms with Crippen LogP contribution in [0.2, 0.25) is 0 Å². The van der Waals surface area contributed by atoms with E-state index < -0.39 is 0 Å². The summed E-state index contributed by atoms with van der Waals surface area (Å²) < 4.78 is 5.26. The second-order valence-electron chi connectivity index (χ2n) is 4.50. The molecule has 4 nitrogen and oxygen atoms in total. The third kappa shape index (κ3) is 5.89. The van der Waals surface area contributed by atoms with Crippen molar-refractivity contribution in [2.24, 2.45) is 0 Å². The van der Waals surface area contributed by atoms with Crippen LogP contribution in [-0.2, 0) is 4.79 Å². The van der Waals surface area contributed by atoms with Crippen molar-refractivity contribution < 1.29 is 14.6 Å². The fourth-order valence-electron chi connectivity index (χ4n) is 1.75. The number of carbonyl (C=O) groups is 1. The maximum atomic E-state index is 11.7. The predicted octanol–water partition coefficient (Wildman–Crippen LogP) is 2.38. The van der Waals surface area contributed by atoms with E-state index in [0.717, 1.165) is 18.4 Å². The molecule has 0 spiro atoms. The number of hydrogen-bond donors (Lipinski definition) is 2. The number of carbonyl (C=O) groups excluding carboxylic acids is 1. The summed E-state index contributed by atoms with van der Waals surface area (Å²) >= 11 is 0. The quantitative estimate of drug-likeness (QED) is 0.717. The van der Waals surface area contributed by atoms with Gasteiger partial charge in [-0.1, -0.05) is 26.0 Å². The van der Waals surface area contributed by atoms with E-state index in [1.807, 2.05) is 24.3 Å². The lowest BCUT2D eigenvalue weighted by atomic mass is 10.1. The van der Waals surface area contributed by atoms with Crippen LogP contribution < -0.4 is 10.1 Å². The van der Waals surface area contributed by atoms with Gasteiger partial charge in [-0.3, -0.25) is 4.79 Å². The lowest BCUT2D eigenvalue weighted by Crippen LogP contribution is -2.32. The van der Waals surface area contributed by atoms with Gasteiger partial charge in [0.1, 0.15) is 12.4 Å². The van der Waals surface area contributed by atoms with Crippen molar-refractivity contribution in [2.45, 2.75) is 32.7 Å². The van der Waals surface area contributed by atoms with Crippen molar-refractivity contribution in [3.8, 4) is 5.75 Å². The normalized spacial score (nSPS) is 11.0. The minimum atomic E-state index is -0.0701. The summed E-state index contributed by atoms with van der Waals surface area (Å²) in [6.07, 6.45) is 5.19. The number of benzene rings is 1. The Labute approximate surface area is 120 Å². The van der Waals surface area contributed by atoms with Gasteiger partial charge in [0.2, 0.25) is 5.91 Å². The van der Waals surface area contributed by atoms with E-state index in [0.29, 0.717) is 5.75 Å². The van der Waals surface area contributed by atoms with Crippen molar-refractivity contribution in [3.63, 3.8) is 0 Å². The third-order valence-corrected chi connectivity index (χ3v) is 3.00. The fourth-order valence-corrected chi connectivity index (χ4v) is 1.75. The molecule has 0 aliphatic rings. The molecular formula is C16H23NO3. The van der Waals surface area contributed by atoms with E-state index in [9.17, 15) is 4.79 Å². The number of hydrogen-bond acceptors (Lipinski definition) is 3. The van der Waals surface area contributed by atoms with Crippen LogP contribution in [0, 0.1) is 0 Å². The SMILES string of the molecule is CCC(CC)NC(=O)C=Cc1ccc(OCCO)cc1. The van der Waals surface area contributed by atoms with Gasteiger partial charge in [0.25, 0.3) is 0 Å². The Morgan fingerprint density at radius 2 is 1.95 bits per heavy atom. The Bertz CT molecular complexity index is 422. The summed E-state index contributed by atoms with van der Waals surface area (Å²) in [6, 6.07) is 7.60. The molecule has 1 aromatic rings. The molecule has 110 valence electrons. The van der Waals surface area contributed by atoms with E-state index in [1.54, 1.807) is 12.2 Å². The molecule has 4 heteroatoms.